The fourth-order valence-corrected chi connectivity index (χ4v) is 3.16. The smallest absolute Gasteiger partial charge is 0.258 e. The third kappa shape index (κ3) is 3.06. The van der Waals surface area contributed by atoms with Crippen LogP contribution in [0, 0.1) is 24.6 Å². The average molecular weight is 330 g/mol. The molecule has 1 fully saturated rings. The molecular formula is C17H19FN4O2. The maximum Gasteiger partial charge on any atom is 0.258 e. The van der Waals surface area contributed by atoms with Crippen LogP contribution in [0.1, 0.15) is 24.4 Å². The van der Waals surface area contributed by atoms with Crippen LogP contribution in [0.3, 0.4) is 0 Å². The fourth-order valence-electron chi connectivity index (χ4n) is 3.16. The van der Waals surface area contributed by atoms with E-state index in [0.717, 1.165) is 0 Å². The van der Waals surface area contributed by atoms with E-state index in [-0.39, 0.29) is 11.6 Å². The Bertz CT molecular complexity index is 826. The Kier molecular flexibility index (Phi) is 4.42. The molecule has 0 atom stereocenters. The van der Waals surface area contributed by atoms with Crippen molar-refractivity contribution < 1.29 is 4.39 Å². The fraction of sp³-hybridized carbons (Fsp3) is 0.412. The van der Waals surface area contributed by atoms with Gasteiger partial charge < -0.3 is 4.90 Å². The number of piperidine rings is 1. The monoisotopic (exact) mass is 330 g/mol. The average Bonchev–Trinajstić information content (AvgIpc) is 2.54. The highest BCUT2D eigenvalue weighted by Crippen LogP contribution is 2.26. The lowest BCUT2D eigenvalue weighted by Crippen LogP contribution is -2.35. The number of nitrogens with zero attached hydrogens (tertiary/aromatic N) is 4. The normalized spacial score (nSPS) is 15.5. The zero-order chi connectivity index (χ0) is 17.3. The molecule has 2 heterocycles. The van der Waals surface area contributed by atoms with Crippen molar-refractivity contribution in [1.29, 1.82) is 0 Å². The maximum atomic E-state index is 14.6. The molecule has 3 rings (SSSR count). The summed E-state index contributed by atoms with van der Waals surface area (Å²) in [4.78, 5) is 28.9. The van der Waals surface area contributed by atoms with Gasteiger partial charge in [0, 0.05) is 30.9 Å². The van der Waals surface area contributed by atoms with Crippen LogP contribution in [-0.4, -0.2) is 28.7 Å². The Hall–Kier alpha value is -2.57. The number of halogens is 1. The van der Waals surface area contributed by atoms with Crippen LogP contribution in [0.25, 0.3) is 5.69 Å². The van der Waals surface area contributed by atoms with Crippen molar-refractivity contribution in [2.75, 3.05) is 18.0 Å². The SMILES string of the molecule is Cc1cc(=O)n(-c2ccc(N3CCC(N=O)CC3)c(F)c2)c(C)n1. The van der Waals surface area contributed by atoms with E-state index >= 15 is 0 Å². The van der Waals surface area contributed by atoms with Gasteiger partial charge in [0.1, 0.15) is 11.6 Å². The summed E-state index contributed by atoms with van der Waals surface area (Å²) >= 11 is 0. The van der Waals surface area contributed by atoms with Crippen molar-refractivity contribution in [3.05, 3.63) is 56.9 Å². The number of rotatable bonds is 3. The molecule has 0 N–H and O–H groups in total. The van der Waals surface area contributed by atoms with Gasteiger partial charge in [-0.3, -0.25) is 9.36 Å². The minimum absolute atomic E-state index is 0.177. The third-order valence-electron chi connectivity index (χ3n) is 4.36. The van der Waals surface area contributed by atoms with Gasteiger partial charge in [0.05, 0.1) is 17.4 Å². The predicted molar refractivity (Wildman–Crippen MR) is 90.3 cm³/mol. The lowest BCUT2D eigenvalue weighted by atomic mass is 10.1. The Labute approximate surface area is 138 Å². The van der Waals surface area contributed by atoms with Gasteiger partial charge >= 0.3 is 0 Å². The van der Waals surface area contributed by atoms with Gasteiger partial charge in [0.25, 0.3) is 5.56 Å². The highest BCUT2D eigenvalue weighted by atomic mass is 19.1. The summed E-state index contributed by atoms with van der Waals surface area (Å²) in [5.41, 5.74) is 1.34. The van der Waals surface area contributed by atoms with E-state index in [2.05, 4.69) is 10.2 Å². The second-order valence-corrected chi connectivity index (χ2v) is 6.08. The standard InChI is InChI=1S/C17H19FN4O2/c1-11-9-17(23)22(12(2)19-11)14-3-4-16(15(18)10-14)21-7-5-13(20-24)6-8-21/h3-4,9-10,13H,5-8H2,1-2H3. The van der Waals surface area contributed by atoms with Crippen molar-refractivity contribution >= 4 is 5.69 Å². The first-order valence-corrected chi connectivity index (χ1v) is 7.94. The van der Waals surface area contributed by atoms with E-state index in [1.54, 1.807) is 26.0 Å². The highest BCUT2D eigenvalue weighted by molar-refractivity contribution is 5.53. The van der Waals surface area contributed by atoms with Crippen LogP contribution in [-0.2, 0) is 0 Å². The molecule has 1 aliphatic rings. The van der Waals surface area contributed by atoms with Crippen LogP contribution in [0.4, 0.5) is 10.1 Å². The summed E-state index contributed by atoms with van der Waals surface area (Å²) in [6, 6.07) is 5.99. The molecule has 2 aromatic rings. The van der Waals surface area contributed by atoms with Crippen LogP contribution >= 0.6 is 0 Å². The lowest BCUT2D eigenvalue weighted by Gasteiger charge is -2.31. The molecule has 1 aliphatic heterocycles. The number of hydrogen-bond acceptors (Lipinski definition) is 5. The Morgan fingerprint density at radius 3 is 2.50 bits per heavy atom. The minimum Gasteiger partial charge on any atom is -0.369 e. The topological polar surface area (TPSA) is 67.6 Å². The first-order chi connectivity index (χ1) is 11.5. The molecule has 24 heavy (non-hydrogen) atoms. The van der Waals surface area contributed by atoms with Crippen molar-refractivity contribution in [3.63, 3.8) is 0 Å². The van der Waals surface area contributed by atoms with Crippen molar-refractivity contribution in [3.8, 4) is 5.69 Å². The molecule has 1 aromatic heterocycles. The molecule has 0 saturated carbocycles. The van der Waals surface area contributed by atoms with Crippen molar-refractivity contribution in [2.45, 2.75) is 32.7 Å². The van der Waals surface area contributed by atoms with Gasteiger partial charge in [-0.05, 0) is 38.8 Å². The molecule has 0 spiro atoms. The number of nitroso groups, excluding NO2 is 1. The first kappa shape index (κ1) is 16.3. The van der Waals surface area contributed by atoms with Gasteiger partial charge in [0.2, 0.25) is 0 Å². The Balaban J connectivity index is 1.91. The molecule has 126 valence electrons. The molecule has 1 aromatic carbocycles. The molecule has 0 unspecified atom stereocenters. The van der Waals surface area contributed by atoms with E-state index in [1.165, 1.54) is 16.7 Å². The summed E-state index contributed by atoms with van der Waals surface area (Å²) in [7, 11) is 0. The summed E-state index contributed by atoms with van der Waals surface area (Å²) in [5, 5.41) is 3.06. The van der Waals surface area contributed by atoms with E-state index in [0.29, 0.717) is 48.8 Å². The Morgan fingerprint density at radius 1 is 1.21 bits per heavy atom. The number of hydrogen-bond donors (Lipinski definition) is 0. The van der Waals surface area contributed by atoms with E-state index < -0.39 is 5.82 Å². The minimum atomic E-state index is -0.392. The largest absolute Gasteiger partial charge is 0.369 e. The van der Waals surface area contributed by atoms with Crippen LogP contribution in [0.2, 0.25) is 0 Å². The molecule has 6 nitrogen and oxygen atoms in total. The molecule has 1 saturated heterocycles. The maximum absolute atomic E-state index is 14.6. The molecule has 0 radical (unpaired) electrons. The molecular weight excluding hydrogens is 311 g/mol. The summed E-state index contributed by atoms with van der Waals surface area (Å²) in [6.45, 7) is 4.66. The zero-order valence-electron chi connectivity index (χ0n) is 13.7. The van der Waals surface area contributed by atoms with Crippen LogP contribution < -0.4 is 10.5 Å². The number of anilines is 1. The molecule has 0 aliphatic carbocycles. The second-order valence-electron chi connectivity index (χ2n) is 6.08. The lowest BCUT2D eigenvalue weighted by molar-refractivity contribution is 0.493. The summed E-state index contributed by atoms with van der Waals surface area (Å²) in [5.74, 6) is 0.127. The van der Waals surface area contributed by atoms with E-state index in [9.17, 15) is 14.1 Å². The van der Waals surface area contributed by atoms with Gasteiger partial charge in [-0.2, -0.15) is 4.91 Å². The van der Waals surface area contributed by atoms with Gasteiger partial charge in [0.15, 0.2) is 0 Å². The third-order valence-corrected chi connectivity index (χ3v) is 4.36. The summed E-state index contributed by atoms with van der Waals surface area (Å²) < 4.78 is 16.0. The van der Waals surface area contributed by atoms with Gasteiger partial charge in [-0.1, -0.05) is 5.18 Å². The van der Waals surface area contributed by atoms with Crippen LogP contribution in [0.5, 0.6) is 0 Å². The number of aromatic nitrogens is 2. The van der Waals surface area contributed by atoms with Crippen molar-refractivity contribution in [1.82, 2.24) is 9.55 Å². The van der Waals surface area contributed by atoms with Crippen molar-refractivity contribution in [2.24, 2.45) is 5.18 Å². The molecule has 0 amide bonds. The molecule has 0 bridgehead atoms. The van der Waals surface area contributed by atoms with E-state index in [4.69, 9.17) is 0 Å². The molecule has 7 heteroatoms. The van der Waals surface area contributed by atoms with E-state index in [1.807, 2.05) is 4.90 Å². The predicted octanol–water partition coefficient (Wildman–Crippen LogP) is 2.72. The summed E-state index contributed by atoms with van der Waals surface area (Å²) in [6.07, 6.45) is 1.26. The number of aryl methyl sites for hydroxylation is 2. The second kappa shape index (κ2) is 6.51. The number of benzene rings is 1. The van der Waals surface area contributed by atoms with Gasteiger partial charge in [-0.25, -0.2) is 9.37 Å². The highest BCUT2D eigenvalue weighted by Gasteiger charge is 2.22. The zero-order valence-corrected chi connectivity index (χ0v) is 13.7. The Morgan fingerprint density at radius 2 is 1.92 bits per heavy atom. The first-order valence-electron chi connectivity index (χ1n) is 7.94. The van der Waals surface area contributed by atoms with Gasteiger partial charge in [-0.15, -0.1) is 0 Å². The quantitative estimate of drug-likeness (QED) is 0.812. The van der Waals surface area contributed by atoms with Crippen LogP contribution in [0.15, 0.2) is 34.2 Å².